The Morgan fingerprint density at radius 2 is 1.89 bits per heavy atom. The lowest BCUT2D eigenvalue weighted by Gasteiger charge is -2.22. The summed E-state index contributed by atoms with van der Waals surface area (Å²) in [7, 11) is -3.06. The van der Waals surface area contributed by atoms with Gasteiger partial charge in [0.2, 0.25) is 5.88 Å². The van der Waals surface area contributed by atoms with Crippen LogP contribution in [0.1, 0.15) is 19.8 Å². The average molecular weight is 544 g/mol. The number of anilines is 1. The zero-order valence-corrected chi connectivity index (χ0v) is 21.8. The molecule has 5 rings (SSSR count). The molecule has 1 fully saturated rings. The van der Waals surface area contributed by atoms with E-state index in [4.69, 9.17) is 14.2 Å². The molecule has 0 radical (unpaired) electrons. The third-order valence-electron chi connectivity index (χ3n) is 6.63. The summed E-state index contributed by atoms with van der Waals surface area (Å²) in [5, 5.41) is 1.75. The maximum absolute atomic E-state index is 14.3. The SMILES string of the molecule is COc1ncc(-c2cc(OCC3CCOCC3)c3c(c2)=C(C)CN=3)cc1NS(=O)(=O)c1ccc(F)cc1F. The van der Waals surface area contributed by atoms with Crippen molar-refractivity contribution in [3.63, 3.8) is 0 Å². The molecule has 0 atom stereocenters. The summed E-state index contributed by atoms with van der Waals surface area (Å²) in [6.07, 6.45) is 3.43. The van der Waals surface area contributed by atoms with Crippen molar-refractivity contribution in [3.05, 3.63) is 64.8 Å². The number of fused-ring (bicyclic) bond motifs is 1. The number of hydrogen-bond acceptors (Lipinski definition) is 7. The third kappa shape index (κ3) is 5.34. The summed E-state index contributed by atoms with van der Waals surface area (Å²) in [6, 6.07) is 7.62. The van der Waals surface area contributed by atoms with Gasteiger partial charge in [0.05, 0.1) is 20.3 Å². The number of hydrogen-bond donors (Lipinski definition) is 1. The zero-order valence-electron chi connectivity index (χ0n) is 21.0. The number of benzene rings is 2. The smallest absolute Gasteiger partial charge is 0.264 e. The van der Waals surface area contributed by atoms with Gasteiger partial charge in [-0.3, -0.25) is 9.71 Å². The predicted octanol–water partition coefficient (Wildman–Crippen LogP) is 3.45. The van der Waals surface area contributed by atoms with E-state index in [1.165, 1.54) is 7.11 Å². The molecule has 0 saturated carbocycles. The summed E-state index contributed by atoms with van der Waals surface area (Å²) < 4.78 is 72.7. The van der Waals surface area contributed by atoms with Crippen LogP contribution in [0.2, 0.25) is 0 Å². The molecule has 38 heavy (non-hydrogen) atoms. The third-order valence-corrected chi connectivity index (χ3v) is 8.03. The molecule has 2 aliphatic heterocycles. The second kappa shape index (κ2) is 10.7. The van der Waals surface area contributed by atoms with Crippen LogP contribution in [0.15, 0.2) is 52.5 Å². The van der Waals surface area contributed by atoms with E-state index in [0.717, 1.165) is 59.9 Å². The van der Waals surface area contributed by atoms with Crippen LogP contribution in [0.4, 0.5) is 14.5 Å². The van der Waals surface area contributed by atoms with Gasteiger partial charge in [0, 0.05) is 36.3 Å². The Morgan fingerprint density at radius 1 is 1.11 bits per heavy atom. The van der Waals surface area contributed by atoms with E-state index in [9.17, 15) is 17.2 Å². The molecule has 1 aromatic heterocycles. The van der Waals surface area contributed by atoms with E-state index < -0.39 is 26.6 Å². The summed E-state index contributed by atoms with van der Waals surface area (Å²) in [5.74, 6) is -1.06. The Bertz CT molecular complexity index is 1610. The largest absolute Gasteiger partial charge is 0.491 e. The maximum atomic E-state index is 14.3. The number of halogens is 2. The Kier molecular flexibility index (Phi) is 7.31. The van der Waals surface area contributed by atoms with Crippen molar-refractivity contribution in [3.8, 4) is 22.8 Å². The summed E-state index contributed by atoms with van der Waals surface area (Å²) in [4.78, 5) is 8.21. The second-order valence-electron chi connectivity index (χ2n) is 9.29. The molecule has 2 aliphatic rings. The van der Waals surface area contributed by atoms with Gasteiger partial charge in [-0.25, -0.2) is 22.2 Å². The average Bonchev–Trinajstić information content (AvgIpc) is 3.28. The Hall–Kier alpha value is -3.57. The van der Waals surface area contributed by atoms with E-state index in [1.54, 1.807) is 12.3 Å². The minimum atomic E-state index is -4.41. The molecule has 3 heterocycles. The highest BCUT2D eigenvalue weighted by atomic mass is 32.2. The van der Waals surface area contributed by atoms with Crippen molar-refractivity contribution in [1.29, 1.82) is 0 Å². The maximum Gasteiger partial charge on any atom is 0.264 e. The van der Waals surface area contributed by atoms with Crippen LogP contribution in [0.5, 0.6) is 11.6 Å². The normalized spacial score (nSPS) is 15.6. The van der Waals surface area contributed by atoms with Crippen molar-refractivity contribution in [2.24, 2.45) is 10.9 Å². The summed E-state index contributed by atoms with van der Waals surface area (Å²) in [6.45, 7) is 4.57. The molecule has 3 aromatic rings. The van der Waals surface area contributed by atoms with Crippen molar-refractivity contribution in [2.45, 2.75) is 24.7 Å². The number of nitrogens with one attached hydrogen (secondary N) is 1. The summed E-state index contributed by atoms with van der Waals surface area (Å²) >= 11 is 0. The molecule has 0 bridgehead atoms. The highest BCUT2D eigenvalue weighted by Gasteiger charge is 2.23. The minimum Gasteiger partial charge on any atom is -0.491 e. The summed E-state index contributed by atoms with van der Waals surface area (Å²) in [5.41, 5.74) is 2.42. The molecule has 0 unspecified atom stereocenters. The van der Waals surface area contributed by atoms with Gasteiger partial charge in [-0.15, -0.1) is 0 Å². The molecule has 1 saturated heterocycles. The molecule has 1 N–H and O–H groups in total. The first-order chi connectivity index (χ1) is 18.2. The highest BCUT2D eigenvalue weighted by Crippen LogP contribution is 2.31. The molecular formula is C27H27F2N3O5S. The van der Waals surface area contributed by atoms with Gasteiger partial charge in [-0.2, -0.15) is 0 Å². The van der Waals surface area contributed by atoms with Crippen molar-refractivity contribution in [1.82, 2.24) is 4.98 Å². The Morgan fingerprint density at radius 3 is 2.63 bits per heavy atom. The van der Waals surface area contributed by atoms with E-state index in [1.807, 2.05) is 19.1 Å². The molecule has 2 aromatic carbocycles. The highest BCUT2D eigenvalue weighted by molar-refractivity contribution is 7.92. The van der Waals surface area contributed by atoms with Crippen LogP contribution < -0.4 is 24.8 Å². The number of rotatable bonds is 8. The first kappa shape index (κ1) is 26.1. The lowest BCUT2D eigenvalue weighted by Crippen LogP contribution is -2.28. The van der Waals surface area contributed by atoms with Gasteiger partial charge in [0.15, 0.2) is 0 Å². The molecular weight excluding hydrogens is 516 g/mol. The minimum absolute atomic E-state index is 0.00397. The molecule has 11 heteroatoms. The number of nitrogens with zero attached hydrogens (tertiary/aromatic N) is 2. The van der Waals surface area contributed by atoms with E-state index in [0.29, 0.717) is 36.4 Å². The molecule has 8 nitrogen and oxygen atoms in total. The van der Waals surface area contributed by atoms with Crippen LogP contribution in [-0.2, 0) is 14.8 Å². The first-order valence-electron chi connectivity index (χ1n) is 12.2. The van der Waals surface area contributed by atoms with Crippen LogP contribution in [0, 0.1) is 17.6 Å². The lowest BCUT2D eigenvalue weighted by molar-refractivity contribution is 0.0495. The molecule has 0 amide bonds. The Labute approximate surface area is 219 Å². The topological polar surface area (TPSA) is 99.1 Å². The molecule has 0 spiro atoms. The second-order valence-corrected chi connectivity index (χ2v) is 10.9. The van der Waals surface area contributed by atoms with Gasteiger partial charge < -0.3 is 14.2 Å². The number of aromatic nitrogens is 1. The van der Waals surface area contributed by atoms with Crippen LogP contribution >= 0.6 is 0 Å². The van der Waals surface area contributed by atoms with Gasteiger partial charge in [-0.1, -0.05) is 0 Å². The number of ether oxygens (including phenoxy) is 3. The quantitative estimate of drug-likeness (QED) is 0.468. The predicted molar refractivity (Wildman–Crippen MR) is 137 cm³/mol. The van der Waals surface area contributed by atoms with Gasteiger partial charge in [-0.05, 0) is 67.2 Å². The lowest BCUT2D eigenvalue weighted by atomic mass is 10.0. The fraction of sp³-hybridized carbons (Fsp3) is 0.333. The van der Waals surface area contributed by atoms with Crippen LogP contribution in [-0.4, -0.2) is 46.9 Å². The zero-order chi connectivity index (χ0) is 26.9. The van der Waals surface area contributed by atoms with Gasteiger partial charge in [0.25, 0.3) is 10.0 Å². The number of pyridine rings is 1. The van der Waals surface area contributed by atoms with E-state index >= 15 is 0 Å². The fourth-order valence-corrected chi connectivity index (χ4v) is 5.62. The van der Waals surface area contributed by atoms with Crippen LogP contribution in [0.3, 0.4) is 0 Å². The molecule has 0 aliphatic carbocycles. The number of methoxy groups -OCH3 is 1. The number of sulfonamides is 1. The van der Waals surface area contributed by atoms with Crippen molar-refractivity contribution in [2.75, 3.05) is 38.2 Å². The van der Waals surface area contributed by atoms with Crippen molar-refractivity contribution < 1.29 is 31.4 Å². The monoisotopic (exact) mass is 543 g/mol. The fourth-order valence-electron chi connectivity index (χ4n) is 4.52. The van der Waals surface area contributed by atoms with E-state index in [-0.39, 0.29) is 11.6 Å². The van der Waals surface area contributed by atoms with E-state index in [2.05, 4.69) is 14.7 Å². The van der Waals surface area contributed by atoms with Gasteiger partial charge in [0.1, 0.15) is 33.3 Å². The van der Waals surface area contributed by atoms with Crippen LogP contribution in [0.25, 0.3) is 16.7 Å². The van der Waals surface area contributed by atoms with Gasteiger partial charge >= 0.3 is 0 Å². The van der Waals surface area contributed by atoms with Crippen molar-refractivity contribution >= 4 is 21.3 Å². The standard InChI is InChI=1S/C27H27F2N3O5S/c1-16-13-30-26-21(16)9-18(11-24(26)37-15-17-5-7-36-8-6-17)19-10-23(27(35-2)31-14-19)32-38(33,34)25-4-3-20(28)12-22(25)29/h3-4,9-12,14,17,32H,5-8,13,15H2,1-2H3. The first-order valence-corrected chi connectivity index (χ1v) is 13.6. The Balaban J connectivity index is 1.51. The molecule has 200 valence electrons.